The Hall–Kier alpha value is -1.85. The van der Waals surface area contributed by atoms with Crippen molar-refractivity contribution in [3.8, 4) is 0 Å². The second kappa shape index (κ2) is 39.9. The molecule has 0 aromatic rings. The first-order valence-electron chi connectivity index (χ1n) is 21.7. The summed E-state index contributed by atoms with van der Waals surface area (Å²) in [6.07, 6.45) is 40.6. The van der Waals surface area contributed by atoms with Gasteiger partial charge in [-0.3, -0.25) is 14.4 Å². The average Bonchev–Trinajstić information content (AvgIpc) is 3.11. The molecule has 0 aliphatic rings. The van der Waals surface area contributed by atoms with E-state index in [4.69, 9.17) is 14.2 Å². The van der Waals surface area contributed by atoms with E-state index in [1.54, 1.807) is 0 Å². The van der Waals surface area contributed by atoms with Crippen LogP contribution < -0.4 is 0 Å². The second-order valence-corrected chi connectivity index (χ2v) is 14.6. The molecule has 50 heavy (non-hydrogen) atoms. The lowest BCUT2D eigenvalue weighted by Gasteiger charge is -2.18. The highest BCUT2D eigenvalue weighted by molar-refractivity contribution is 5.71. The van der Waals surface area contributed by atoms with Crippen LogP contribution in [0, 0.1) is 0 Å². The number of carbonyl (C=O) groups excluding carboxylic acids is 3. The number of esters is 3. The van der Waals surface area contributed by atoms with E-state index in [2.05, 4.69) is 32.9 Å². The van der Waals surface area contributed by atoms with Crippen LogP contribution in [0.1, 0.15) is 233 Å². The summed E-state index contributed by atoms with van der Waals surface area (Å²) in [5.41, 5.74) is 0. The van der Waals surface area contributed by atoms with Crippen molar-refractivity contribution in [3.05, 3.63) is 12.2 Å². The summed E-state index contributed by atoms with van der Waals surface area (Å²) in [5.74, 6) is -0.880. The van der Waals surface area contributed by atoms with Crippen LogP contribution in [0.25, 0.3) is 0 Å². The topological polar surface area (TPSA) is 78.9 Å². The average molecular weight is 707 g/mol. The van der Waals surface area contributed by atoms with Crippen molar-refractivity contribution in [2.24, 2.45) is 0 Å². The van der Waals surface area contributed by atoms with Gasteiger partial charge in [0.2, 0.25) is 0 Å². The lowest BCUT2D eigenvalue weighted by Crippen LogP contribution is -2.30. The van der Waals surface area contributed by atoms with E-state index in [0.717, 1.165) is 77.0 Å². The van der Waals surface area contributed by atoms with Gasteiger partial charge in [0.15, 0.2) is 6.10 Å². The van der Waals surface area contributed by atoms with Gasteiger partial charge in [0.1, 0.15) is 13.2 Å². The molecule has 0 aromatic carbocycles. The van der Waals surface area contributed by atoms with Gasteiger partial charge >= 0.3 is 17.9 Å². The van der Waals surface area contributed by atoms with Crippen molar-refractivity contribution >= 4 is 17.9 Å². The van der Waals surface area contributed by atoms with Gasteiger partial charge in [-0.2, -0.15) is 0 Å². The van der Waals surface area contributed by atoms with Crippen LogP contribution >= 0.6 is 0 Å². The Balaban J connectivity index is 4.29. The van der Waals surface area contributed by atoms with Crippen LogP contribution in [-0.4, -0.2) is 37.2 Å². The van der Waals surface area contributed by atoms with Gasteiger partial charge < -0.3 is 14.2 Å². The summed E-state index contributed by atoms with van der Waals surface area (Å²) in [6.45, 7) is 6.54. The number of rotatable bonds is 39. The quantitative estimate of drug-likeness (QED) is 0.0274. The molecule has 0 rings (SSSR count). The minimum atomic E-state index is -0.764. The summed E-state index contributed by atoms with van der Waals surface area (Å²) in [7, 11) is 0. The molecule has 0 saturated heterocycles. The van der Waals surface area contributed by atoms with Crippen molar-refractivity contribution in [1.29, 1.82) is 0 Å². The predicted molar refractivity (Wildman–Crippen MR) is 210 cm³/mol. The van der Waals surface area contributed by atoms with E-state index in [0.29, 0.717) is 19.3 Å². The Morgan fingerprint density at radius 2 is 0.700 bits per heavy atom. The van der Waals surface area contributed by atoms with Crippen molar-refractivity contribution in [2.45, 2.75) is 239 Å². The van der Waals surface area contributed by atoms with Gasteiger partial charge in [-0.1, -0.05) is 187 Å². The number of ether oxygens (including phenoxy) is 3. The minimum absolute atomic E-state index is 0.0697. The molecule has 0 saturated carbocycles. The fraction of sp³-hybridized carbons (Fsp3) is 0.886. The molecule has 0 amide bonds. The summed E-state index contributed by atoms with van der Waals surface area (Å²) in [5, 5.41) is 0. The van der Waals surface area contributed by atoms with E-state index < -0.39 is 6.10 Å². The molecular weight excluding hydrogens is 624 g/mol. The zero-order valence-electron chi connectivity index (χ0n) is 33.4. The molecule has 6 nitrogen and oxygen atoms in total. The number of carbonyl (C=O) groups is 3. The van der Waals surface area contributed by atoms with E-state index in [-0.39, 0.29) is 31.1 Å². The highest BCUT2D eigenvalue weighted by Crippen LogP contribution is 2.15. The fourth-order valence-corrected chi connectivity index (χ4v) is 6.21. The molecule has 0 spiro atoms. The first-order valence-corrected chi connectivity index (χ1v) is 21.7. The van der Waals surface area contributed by atoms with E-state index in [9.17, 15) is 14.4 Å². The van der Waals surface area contributed by atoms with E-state index >= 15 is 0 Å². The van der Waals surface area contributed by atoms with Crippen LogP contribution in [-0.2, 0) is 28.6 Å². The fourth-order valence-electron chi connectivity index (χ4n) is 6.21. The Morgan fingerprint density at radius 1 is 0.380 bits per heavy atom. The van der Waals surface area contributed by atoms with Crippen molar-refractivity contribution in [3.63, 3.8) is 0 Å². The first-order chi connectivity index (χ1) is 24.5. The first kappa shape index (κ1) is 48.1. The molecule has 0 heterocycles. The van der Waals surface area contributed by atoms with Crippen LogP contribution in [0.15, 0.2) is 12.2 Å². The largest absolute Gasteiger partial charge is 0.462 e. The Kier molecular flexibility index (Phi) is 38.5. The second-order valence-electron chi connectivity index (χ2n) is 14.6. The van der Waals surface area contributed by atoms with Crippen LogP contribution in [0.4, 0.5) is 0 Å². The number of unbranched alkanes of at least 4 members (excludes halogenated alkanes) is 26. The molecule has 0 fully saturated rings. The molecule has 294 valence electrons. The maximum Gasteiger partial charge on any atom is 0.306 e. The summed E-state index contributed by atoms with van der Waals surface area (Å²) in [6, 6.07) is 0. The third kappa shape index (κ3) is 37.4. The highest BCUT2D eigenvalue weighted by atomic mass is 16.6. The smallest absolute Gasteiger partial charge is 0.306 e. The lowest BCUT2D eigenvalue weighted by atomic mass is 10.0. The predicted octanol–water partition coefficient (Wildman–Crippen LogP) is 13.5. The third-order valence-electron chi connectivity index (χ3n) is 9.50. The summed E-state index contributed by atoms with van der Waals surface area (Å²) < 4.78 is 16.6. The third-order valence-corrected chi connectivity index (χ3v) is 9.50. The van der Waals surface area contributed by atoms with Gasteiger partial charge in [0, 0.05) is 19.3 Å². The highest BCUT2D eigenvalue weighted by Gasteiger charge is 2.19. The molecular formula is C44H82O6. The molecule has 0 radical (unpaired) electrons. The van der Waals surface area contributed by atoms with Gasteiger partial charge in [-0.15, -0.1) is 0 Å². The normalized spacial score (nSPS) is 12.0. The van der Waals surface area contributed by atoms with Crippen LogP contribution in [0.2, 0.25) is 0 Å². The standard InChI is InChI=1S/C44H82O6/c1-4-7-10-13-16-19-21-22-23-24-26-28-31-34-37-43(46)49-40-41(39-48-42(45)36-33-30-27-18-15-12-9-6-3)50-44(47)38-35-32-29-25-20-17-14-11-8-5-2/h11,14,41H,4-10,12-13,15-40H2,1-3H3/b14-11-. The molecule has 1 unspecified atom stereocenters. The molecule has 1 atom stereocenters. The monoisotopic (exact) mass is 707 g/mol. The molecule has 0 aliphatic carbocycles. The van der Waals surface area contributed by atoms with E-state index in [1.165, 1.54) is 116 Å². The molecule has 0 aromatic heterocycles. The summed E-state index contributed by atoms with van der Waals surface area (Å²) >= 11 is 0. The van der Waals surface area contributed by atoms with Gasteiger partial charge in [-0.05, 0) is 38.5 Å². The van der Waals surface area contributed by atoms with Gasteiger partial charge in [0.05, 0.1) is 0 Å². The minimum Gasteiger partial charge on any atom is -0.462 e. The number of hydrogen-bond donors (Lipinski definition) is 0. The Morgan fingerprint density at radius 3 is 1.08 bits per heavy atom. The Bertz CT molecular complexity index is 778. The molecule has 0 N–H and O–H groups in total. The molecule has 0 aliphatic heterocycles. The van der Waals surface area contributed by atoms with Crippen LogP contribution in [0.5, 0.6) is 0 Å². The SMILES string of the molecule is CCC/C=C\CCCCCCCC(=O)OC(COC(=O)CCCCCCCCCC)COC(=O)CCCCCCCCCCCCCCCC. The van der Waals surface area contributed by atoms with Gasteiger partial charge in [-0.25, -0.2) is 0 Å². The zero-order valence-corrected chi connectivity index (χ0v) is 33.4. The number of allylic oxidation sites excluding steroid dienone is 2. The molecule has 0 bridgehead atoms. The van der Waals surface area contributed by atoms with Crippen molar-refractivity contribution < 1.29 is 28.6 Å². The maximum atomic E-state index is 12.6. The Labute approximate surface area is 310 Å². The number of hydrogen-bond acceptors (Lipinski definition) is 6. The van der Waals surface area contributed by atoms with Crippen molar-refractivity contribution in [2.75, 3.05) is 13.2 Å². The zero-order chi connectivity index (χ0) is 36.6. The van der Waals surface area contributed by atoms with Gasteiger partial charge in [0.25, 0.3) is 0 Å². The lowest BCUT2D eigenvalue weighted by molar-refractivity contribution is -0.167. The summed E-state index contributed by atoms with van der Waals surface area (Å²) in [4.78, 5) is 37.5. The van der Waals surface area contributed by atoms with E-state index in [1.807, 2.05) is 0 Å². The maximum absolute atomic E-state index is 12.6. The van der Waals surface area contributed by atoms with Crippen LogP contribution in [0.3, 0.4) is 0 Å². The molecule has 6 heteroatoms. The van der Waals surface area contributed by atoms with Crippen molar-refractivity contribution in [1.82, 2.24) is 0 Å².